The van der Waals surface area contributed by atoms with Gasteiger partial charge >= 0.3 is 0 Å². The first-order chi connectivity index (χ1) is 15.2. The van der Waals surface area contributed by atoms with Crippen LogP contribution < -0.4 is 15.0 Å². The molecule has 0 radical (unpaired) electrons. The lowest BCUT2D eigenvalue weighted by Gasteiger charge is -2.39. The highest BCUT2D eigenvalue weighted by Crippen LogP contribution is 2.23. The van der Waals surface area contributed by atoms with Crippen LogP contribution in [0.15, 0.2) is 42.7 Å². The minimum Gasteiger partial charge on any atom is -0.492 e. The van der Waals surface area contributed by atoms with Gasteiger partial charge in [0.1, 0.15) is 12.4 Å². The van der Waals surface area contributed by atoms with E-state index in [1.807, 2.05) is 18.2 Å². The summed E-state index contributed by atoms with van der Waals surface area (Å²) < 4.78 is 5.99. The molecule has 2 N–H and O–H groups in total. The van der Waals surface area contributed by atoms with Crippen LogP contribution in [0.1, 0.15) is 37.7 Å². The molecule has 1 aromatic heterocycles. The van der Waals surface area contributed by atoms with E-state index in [-0.39, 0.29) is 0 Å². The molecule has 2 saturated heterocycles. The van der Waals surface area contributed by atoms with Crippen molar-refractivity contribution in [2.24, 2.45) is 0 Å². The third-order valence-corrected chi connectivity index (χ3v) is 6.20. The van der Waals surface area contributed by atoms with Gasteiger partial charge in [-0.1, -0.05) is 18.6 Å². The average Bonchev–Trinajstić information content (AvgIpc) is 2.81. The zero-order chi connectivity index (χ0) is 21.4. The topological polar surface area (TPSA) is 73.8 Å². The normalized spacial score (nSPS) is 22.4. The molecule has 31 heavy (non-hydrogen) atoms. The fourth-order valence-electron chi connectivity index (χ4n) is 4.54. The van der Waals surface area contributed by atoms with Gasteiger partial charge in [0.2, 0.25) is 5.95 Å². The third kappa shape index (κ3) is 6.63. The number of nitrogens with one attached hydrogen (secondary N) is 1. The summed E-state index contributed by atoms with van der Waals surface area (Å²) in [7, 11) is 0. The van der Waals surface area contributed by atoms with Crippen molar-refractivity contribution in [1.29, 1.82) is 0 Å². The van der Waals surface area contributed by atoms with Crippen LogP contribution in [-0.4, -0.2) is 71.5 Å². The van der Waals surface area contributed by atoms with Crippen LogP contribution in [0.2, 0.25) is 0 Å². The molecular formula is C24H35N5O2. The molecule has 0 bridgehead atoms. The lowest BCUT2D eigenvalue weighted by atomic mass is 9.93. The first kappa shape index (κ1) is 22.0. The SMILES string of the molecule is O[C@@]1(CNCc2cccc(OCCN3CCCCC3)c2)CCCN(c2ncccn2)C1. The van der Waals surface area contributed by atoms with Crippen LogP contribution in [0.5, 0.6) is 5.75 Å². The molecule has 0 spiro atoms. The van der Waals surface area contributed by atoms with Crippen molar-refractivity contribution in [1.82, 2.24) is 20.2 Å². The van der Waals surface area contributed by atoms with E-state index in [4.69, 9.17) is 4.74 Å². The number of likely N-dealkylation sites (tertiary alicyclic amines) is 1. The maximum absolute atomic E-state index is 11.1. The highest BCUT2D eigenvalue weighted by molar-refractivity contribution is 5.31. The molecule has 2 aromatic rings. The molecule has 1 atom stereocenters. The second-order valence-corrected chi connectivity index (χ2v) is 8.80. The summed E-state index contributed by atoms with van der Waals surface area (Å²) in [6.07, 6.45) is 9.18. The Labute approximate surface area is 185 Å². The first-order valence-corrected chi connectivity index (χ1v) is 11.6. The standard InChI is InChI=1S/C24H35N5O2/c30-24(9-5-14-29(20-24)23-26-10-6-11-27-23)19-25-18-21-7-4-8-22(17-21)31-16-15-28-12-2-1-3-13-28/h4,6-8,10-11,17,25,30H,1-3,5,9,12-16,18-20H2/t24-/m1/s1. The van der Waals surface area contributed by atoms with E-state index >= 15 is 0 Å². The van der Waals surface area contributed by atoms with E-state index in [0.29, 0.717) is 25.6 Å². The molecule has 2 aliphatic heterocycles. The highest BCUT2D eigenvalue weighted by atomic mass is 16.5. The largest absolute Gasteiger partial charge is 0.492 e. The number of hydrogen-bond donors (Lipinski definition) is 2. The van der Waals surface area contributed by atoms with Gasteiger partial charge in [-0.2, -0.15) is 0 Å². The number of β-amino-alcohol motifs (C(OH)–C–C–N with tert-alkyl or cyclic N) is 1. The van der Waals surface area contributed by atoms with E-state index < -0.39 is 5.60 Å². The van der Waals surface area contributed by atoms with Crippen LogP contribution in [-0.2, 0) is 6.54 Å². The van der Waals surface area contributed by atoms with Crippen LogP contribution in [0.4, 0.5) is 5.95 Å². The second kappa shape index (κ2) is 10.9. The van der Waals surface area contributed by atoms with Gasteiger partial charge in [-0.15, -0.1) is 0 Å². The number of aromatic nitrogens is 2. The van der Waals surface area contributed by atoms with Gasteiger partial charge in [0, 0.05) is 38.6 Å². The molecule has 0 amide bonds. The number of aliphatic hydroxyl groups is 1. The van der Waals surface area contributed by atoms with Crippen LogP contribution in [0, 0.1) is 0 Å². The Morgan fingerprint density at radius 3 is 2.71 bits per heavy atom. The van der Waals surface area contributed by atoms with Crippen molar-refractivity contribution in [2.75, 3.05) is 50.8 Å². The molecule has 7 nitrogen and oxygen atoms in total. The Kier molecular flexibility index (Phi) is 7.72. The summed E-state index contributed by atoms with van der Waals surface area (Å²) in [5, 5.41) is 14.5. The fourth-order valence-corrected chi connectivity index (χ4v) is 4.54. The summed E-state index contributed by atoms with van der Waals surface area (Å²) in [4.78, 5) is 13.2. The molecule has 0 aliphatic carbocycles. The molecule has 4 rings (SSSR count). The van der Waals surface area contributed by atoms with E-state index in [9.17, 15) is 5.11 Å². The zero-order valence-electron chi connectivity index (χ0n) is 18.4. The van der Waals surface area contributed by atoms with Gasteiger partial charge in [0.05, 0.1) is 12.1 Å². The Morgan fingerprint density at radius 1 is 1.03 bits per heavy atom. The molecule has 0 saturated carbocycles. The van der Waals surface area contributed by atoms with Gasteiger partial charge in [-0.25, -0.2) is 9.97 Å². The van der Waals surface area contributed by atoms with Crippen molar-refractivity contribution in [3.8, 4) is 5.75 Å². The first-order valence-electron chi connectivity index (χ1n) is 11.6. The second-order valence-electron chi connectivity index (χ2n) is 8.80. The van der Waals surface area contributed by atoms with Crippen molar-refractivity contribution < 1.29 is 9.84 Å². The van der Waals surface area contributed by atoms with Crippen LogP contribution in [0.25, 0.3) is 0 Å². The van der Waals surface area contributed by atoms with Gasteiger partial charge < -0.3 is 20.1 Å². The highest BCUT2D eigenvalue weighted by Gasteiger charge is 2.33. The van der Waals surface area contributed by atoms with Crippen molar-refractivity contribution in [3.05, 3.63) is 48.3 Å². The molecule has 2 aliphatic rings. The van der Waals surface area contributed by atoms with E-state index in [1.165, 1.54) is 32.4 Å². The quantitative estimate of drug-likeness (QED) is 0.639. The predicted molar refractivity (Wildman–Crippen MR) is 122 cm³/mol. The van der Waals surface area contributed by atoms with Gasteiger partial charge in [-0.05, 0) is 62.5 Å². The molecule has 2 fully saturated rings. The van der Waals surface area contributed by atoms with Crippen LogP contribution >= 0.6 is 0 Å². The van der Waals surface area contributed by atoms with Crippen molar-refractivity contribution >= 4 is 5.95 Å². The monoisotopic (exact) mass is 425 g/mol. The minimum absolute atomic E-state index is 0.538. The minimum atomic E-state index is -0.778. The third-order valence-electron chi connectivity index (χ3n) is 6.20. The molecule has 1 aromatic carbocycles. The van der Waals surface area contributed by atoms with E-state index in [0.717, 1.165) is 43.9 Å². The fraction of sp³-hybridized carbons (Fsp3) is 0.583. The van der Waals surface area contributed by atoms with Gasteiger partial charge in [-0.3, -0.25) is 4.90 Å². The molecule has 0 unspecified atom stereocenters. The van der Waals surface area contributed by atoms with Gasteiger partial charge in [0.25, 0.3) is 0 Å². The summed E-state index contributed by atoms with van der Waals surface area (Å²) in [6, 6.07) is 10.1. The maximum atomic E-state index is 11.1. The molecule has 168 valence electrons. The number of hydrogen-bond acceptors (Lipinski definition) is 7. The Balaban J connectivity index is 1.22. The summed E-state index contributed by atoms with van der Waals surface area (Å²) in [5.41, 5.74) is 0.387. The number of ether oxygens (including phenoxy) is 1. The Hall–Kier alpha value is -2.22. The van der Waals surface area contributed by atoms with Crippen molar-refractivity contribution in [2.45, 2.75) is 44.2 Å². The zero-order valence-corrected chi connectivity index (χ0v) is 18.4. The lowest BCUT2D eigenvalue weighted by Crippen LogP contribution is -2.53. The molecular weight excluding hydrogens is 390 g/mol. The molecule has 7 heteroatoms. The van der Waals surface area contributed by atoms with Gasteiger partial charge in [0.15, 0.2) is 0 Å². The number of piperidine rings is 2. The summed E-state index contributed by atoms with van der Waals surface area (Å²) in [6.45, 7) is 6.79. The smallest absolute Gasteiger partial charge is 0.225 e. The van der Waals surface area contributed by atoms with E-state index in [1.54, 1.807) is 12.4 Å². The average molecular weight is 426 g/mol. The Morgan fingerprint density at radius 2 is 1.87 bits per heavy atom. The van der Waals surface area contributed by atoms with Crippen molar-refractivity contribution in [3.63, 3.8) is 0 Å². The summed E-state index contributed by atoms with van der Waals surface area (Å²) in [5.74, 6) is 1.61. The number of rotatable bonds is 9. The van der Waals surface area contributed by atoms with Crippen LogP contribution in [0.3, 0.4) is 0 Å². The lowest BCUT2D eigenvalue weighted by molar-refractivity contribution is 0.0256. The number of benzene rings is 1. The maximum Gasteiger partial charge on any atom is 0.225 e. The summed E-state index contributed by atoms with van der Waals surface area (Å²) >= 11 is 0. The molecule has 3 heterocycles. The number of anilines is 1. The van der Waals surface area contributed by atoms with E-state index in [2.05, 4.69) is 37.2 Å². The predicted octanol–water partition coefficient (Wildman–Crippen LogP) is 2.46. The number of nitrogens with zero attached hydrogens (tertiary/aromatic N) is 4. The Bertz CT molecular complexity index is 800.